The van der Waals surface area contributed by atoms with E-state index in [4.69, 9.17) is 0 Å². The molecule has 0 fully saturated rings. The predicted octanol–water partition coefficient (Wildman–Crippen LogP) is 3.22. The van der Waals surface area contributed by atoms with Crippen molar-refractivity contribution < 1.29 is 8.42 Å². The van der Waals surface area contributed by atoms with E-state index in [1.165, 1.54) is 0 Å². The summed E-state index contributed by atoms with van der Waals surface area (Å²) in [5.41, 5.74) is 2.89. The van der Waals surface area contributed by atoms with Gasteiger partial charge >= 0.3 is 0 Å². The summed E-state index contributed by atoms with van der Waals surface area (Å²) in [7, 11) is -3.72. The average Bonchev–Trinajstić information content (AvgIpc) is 3.06. The van der Waals surface area contributed by atoms with E-state index in [2.05, 4.69) is 20.8 Å². The molecule has 0 aliphatic rings. The lowest BCUT2D eigenvalue weighted by Crippen LogP contribution is -2.13. The van der Waals surface area contributed by atoms with Crippen molar-refractivity contribution in [1.82, 2.24) is 9.97 Å². The van der Waals surface area contributed by atoms with Crippen molar-refractivity contribution >= 4 is 38.0 Å². The first-order valence-electron chi connectivity index (χ1n) is 6.81. The molecule has 0 bridgehead atoms. The largest absolute Gasteiger partial charge is 0.358 e. The number of fused-ring (bicyclic) bond motifs is 1. The zero-order chi connectivity index (χ0) is 16.8. The zero-order valence-electron chi connectivity index (χ0n) is 12.8. The number of hydrogen-bond donors (Lipinski definition) is 2. The first-order valence-corrected chi connectivity index (χ1v) is 9.11. The Morgan fingerprint density at radius 2 is 2.04 bits per heavy atom. The molecule has 0 unspecified atom stereocenters. The highest BCUT2D eigenvalue weighted by Crippen LogP contribution is 2.31. The Kier molecular flexibility index (Phi) is 3.62. The summed E-state index contributed by atoms with van der Waals surface area (Å²) >= 11 is 1.13. The van der Waals surface area contributed by atoms with Crippen molar-refractivity contribution in [3.8, 4) is 6.07 Å². The molecular weight excluding hydrogens is 332 g/mol. The normalized spacial score (nSPS) is 11.6. The van der Waals surface area contributed by atoms with Crippen LogP contribution in [0.5, 0.6) is 0 Å². The number of hydrogen-bond acceptors (Lipinski definition) is 5. The van der Waals surface area contributed by atoms with Crippen LogP contribution in [0.4, 0.5) is 5.69 Å². The van der Waals surface area contributed by atoms with Gasteiger partial charge in [0.2, 0.25) is 0 Å². The maximum absolute atomic E-state index is 12.6. The number of benzene rings is 1. The van der Waals surface area contributed by atoms with E-state index in [9.17, 15) is 13.7 Å². The summed E-state index contributed by atoms with van der Waals surface area (Å²) in [5.74, 6) is 0. The van der Waals surface area contributed by atoms with Crippen molar-refractivity contribution in [3.63, 3.8) is 0 Å². The molecule has 2 aromatic heterocycles. The van der Waals surface area contributed by atoms with Crippen LogP contribution in [0.2, 0.25) is 0 Å². The molecule has 0 aliphatic heterocycles. The van der Waals surface area contributed by atoms with Crippen LogP contribution in [-0.4, -0.2) is 18.4 Å². The minimum atomic E-state index is -3.72. The number of rotatable bonds is 3. The Balaban J connectivity index is 2.12. The lowest BCUT2D eigenvalue weighted by atomic mass is 10.1. The molecule has 1 aromatic carbocycles. The number of nitriles is 1. The van der Waals surface area contributed by atoms with Gasteiger partial charge < -0.3 is 4.98 Å². The molecule has 0 saturated heterocycles. The molecule has 0 saturated carbocycles. The number of aromatic nitrogens is 2. The van der Waals surface area contributed by atoms with E-state index >= 15 is 0 Å². The molecule has 0 amide bonds. The SMILES string of the molecule is Cc1nc(C)c(S(=O)(=O)Nc2ccc(C)c3c(C#N)c[nH]c23)s1. The highest BCUT2D eigenvalue weighted by Gasteiger charge is 2.22. The van der Waals surface area contributed by atoms with E-state index in [-0.39, 0.29) is 4.21 Å². The van der Waals surface area contributed by atoms with E-state index in [1.807, 2.05) is 6.92 Å². The molecule has 3 aromatic rings. The van der Waals surface area contributed by atoms with Crippen LogP contribution >= 0.6 is 11.3 Å². The molecular formula is C15H14N4O2S2. The molecule has 6 nitrogen and oxygen atoms in total. The average molecular weight is 346 g/mol. The van der Waals surface area contributed by atoms with E-state index < -0.39 is 10.0 Å². The summed E-state index contributed by atoms with van der Waals surface area (Å²) in [5, 5.41) is 10.6. The summed E-state index contributed by atoms with van der Waals surface area (Å²) in [6, 6.07) is 5.59. The van der Waals surface area contributed by atoms with Crippen LogP contribution in [0.3, 0.4) is 0 Å². The lowest BCUT2D eigenvalue weighted by molar-refractivity contribution is 0.602. The molecule has 23 heavy (non-hydrogen) atoms. The third-order valence-corrected chi connectivity index (χ3v) is 6.56. The third kappa shape index (κ3) is 2.58. The van der Waals surface area contributed by atoms with Crippen LogP contribution in [0, 0.1) is 32.1 Å². The maximum atomic E-state index is 12.6. The molecule has 0 atom stereocenters. The first kappa shape index (κ1) is 15.5. The summed E-state index contributed by atoms with van der Waals surface area (Å²) in [6.07, 6.45) is 1.58. The van der Waals surface area contributed by atoms with Gasteiger partial charge in [-0.2, -0.15) is 5.26 Å². The van der Waals surface area contributed by atoms with Gasteiger partial charge in [-0.05, 0) is 32.4 Å². The number of sulfonamides is 1. The van der Waals surface area contributed by atoms with Gasteiger partial charge in [-0.3, -0.25) is 4.72 Å². The molecule has 0 radical (unpaired) electrons. The van der Waals surface area contributed by atoms with Crippen molar-refractivity contribution in [1.29, 1.82) is 5.26 Å². The maximum Gasteiger partial charge on any atom is 0.273 e. The van der Waals surface area contributed by atoms with Crippen molar-refractivity contribution in [3.05, 3.63) is 40.2 Å². The first-order chi connectivity index (χ1) is 10.8. The number of nitrogens with one attached hydrogen (secondary N) is 2. The Labute approximate surface area is 137 Å². The second-order valence-corrected chi connectivity index (χ2v) is 8.29. The molecule has 3 rings (SSSR count). The number of anilines is 1. The van der Waals surface area contributed by atoms with Gasteiger partial charge in [-0.15, -0.1) is 11.3 Å². The van der Waals surface area contributed by atoms with Crippen molar-refractivity contribution in [2.24, 2.45) is 0 Å². The van der Waals surface area contributed by atoms with Crippen LogP contribution in [0.1, 0.15) is 21.8 Å². The lowest BCUT2D eigenvalue weighted by Gasteiger charge is -2.09. The Bertz CT molecular complexity index is 1060. The summed E-state index contributed by atoms with van der Waals surface area (Å²) in [4.78, 5) is 7.14. The monoisotopic (exact) mass is 346 g/mol. The van der Waals surface area contributed by atoms with Crippen molar-refractivity contribution in [2.75, 3.05) is 4.72 Å². The van der Waals surface area contributed by atoms with Gasteiger partial charge in [0.1, 0.15) is 6.07 Å². The van der Waals surface area contributed by atoms with Crippen molar-refractivity contribution in [2.45, 2.75) is 25.0 Å². The molecule has 2 heterocycles. The fraction of sp³-hybridized carbons (Fsp3) is 0.200. The standard InChI is InChI=1S/C15H14N4O2S2/c1-8-4-5-12(14-13(8)11(6-16)7-17-14)19-23(20,21)15-9(2)18-10(3)22-15/h4-5,7,17,19H,1-3H3. The second kappa shape index (κ2) is 5.37. The van der Waals surface area contributed by atoms with Gasteiger partial charge in [0.05, 0.1) is 27.5 Å². The van der Waals surface area contributed by atoms with Gasteiger partial charge in [-0.1, -0.05) is 6.07 Å². The quantitative estimate of drug-likeness (QED) is 0.760. The molecule has 0 aliphatic carbocycles. The van der Waals surface area contributed by atoms with E-state index in [1.54, 1.807) is 32.2 Å². The van der Waals surface area contributed by atoms with Crippen LogP contribution < -0.4 is 4.72 Å². The van der Waals surface area contributed by atoms with Crippen LogP contribution in [0.15, 0.2) is 22.5 Å². The van der Waals surface area contributed by atoms with E-state index in [0.29, 0.717) is 27.5 Å². The number of aryl methyl sites for hydroxylation is 3. The Hall–Kier alpha value is -2.37. The minimum Gasteiger partial charge on any atom is -0.358 e. The summed E-state index contributed by atoms with van der Waals surface area (Å²) < 4.78 is 28.0. The zero-order valence-corrected chi connectivity index (χ0v) is 14.4. The second-order valence-electron chi connectivity index (χ2n) is 5.21. The molecule has 118 valence electrons. The smallest absolute Gasteiger partial charge is 0.273 e. The number of nitrogens with zero attached hydrogens (tertiary/aromatic N) is 2. The Morgan fingerprint density at radius 1 is 1.30 bits per heavy atom. The third-order valence-electron chi connectivity index (χ3n) is 3.51. The minimum absolute atomic E-state index is 0.204. The molecule has 8 heteroatoms. The number of aromatic amines is 1. The van der Waals surface area contributed by atoms with Gasteiger partial charge in [0.15, 0.2) is 4.21 Å². The fourth-order valence-corrected chi connectivity index (χ4v) is 5.10. The molecule has 2 N–H and O–H groups in total. The molecule has 0 spiro atoms. The fourth-order valence-electron chi connectivity index (χ4n) is 2.55. The predicted molar refractivity (Wildman–Crippen MR) is 90.1 cm³/mol. The highest BCUT2D eigenvalue weighted by molar-refractivity contribution is 7.94. The number of thiazole rings is 1. The highest BCUT2D eigenvalue weighted by atomic mass is 32.2. The van der Waals surface area contributed by atoms with Gasteiger partial charge in [-0.25, -0.2) is 13.4 Å². The van der Waals surface area contributed by atoms with Gasteiger partial charge in [0, 0.05) is 11.6 Å². The van der Waals surface area contributed by atoms with Gasteiger partial charge in [0.25, 0.3) is 10.0 Å². The Morgan fingerprint density at radius 3 is 2.65 bits per heavy atom. The van der Waals surface area contributed by atoms with Crippen LogP contribution in [0.25, 0.3) is 10.9 Å². The van der Waals surface area contributed by atoms with Crippen LogP contribution in [-0.2, 0) is 10.0 Å². The summed E-state index contributed by atoms with van der Waals surface area (Å²) in [6.45, 7) is 5.32. The van der Waals surface area contributed by atoms with E-state index in [0.717, 1.165) is 22.3 Å². The topological polar surface area (TPSA) is 98.6 Å². The number of H-pyrrole nitrogens is 1.